The molecular weight excluding hydrogens is 289 g/mol. The molecule has 0 atom stereocenters. The van der Waals surface area contributed by atoms with E-state index in [0.717, 1.165) is 21.4 Å². The molecule has 3 rings (SSSR count). The van der Waals surface area contributed by atoms with Gasteiger partial charge in [-0.2, -0.15) is 0 Å². The number of rotatable bonds is 2. The molecule has 0 unspecified atom stereocenters. The summed E-state index contributed by atoms with van der Waals surface area (Å²) in [5, 5.41) is 14.1. The van der Waals surface area contributed by atoms with Gasteiger partial charge >= 0.3 is 111 Å². The molecule has 0 bridgehead atoms. The normalized spacial score (nSPS) is 11.6. The van der Waals surface area contributed by atoms with Crippen molar-refractivity contribution in [2.45, 2.75) is 5.71 Å². The van der Waals surface area contributed by atoms with Crippen LogP contribution < -0.4 is 4.48 Å². The van der Waals surface area contributed by atoms with Crippen molar-refractivity contribution in [3.8, 4) is 17.0 Å². The second-order valence-electron chi connectivity index (χ2n) is 3.88. The number of benzene rings is 1. The number of hydrogen-bond donors (Lipinski definition) is 1. The first-order chi connectivity index (χ1) is 8.78. The Balaban J connectivity index is 2.22. The number of phenolic OH excluding ortho intramolecular Hbond substituents is 1. The van der Waals surface area contributed by atoms with Crippen LogP contribution in [-0.4, -0.2) is 35.5 Å². The summed E-state index contributed by atoms with van der Waals surface area (Å²) in [5.41, 5.74) is 4.80. The van der Waals surface area contributed by atoms with Gasteiger partial charge in [-0.3, -0.25) is 0 Å². The van der Waals surface area contributed by atoms with E-state index in [-0.39, 0.29) is 21.5 Å². The van der Waals surface area contributed by atoms with Crippen LogP contribution in [0.2, 0.25) is 5.71 Å². The zero-order valence-electron chi connectivity index (χ0n) is 9.78. The first-order valence-electron chi connectivity index (χ1n) is 5.52. The van der Waals surface area contributed by atoms with Crippen molar-refractivity contribution in [3.05, 3.63) is 42.6 Å². The van der Waals surface area contributed by atoms with E-state index in [2.05, 4.69) is 15.8 Å². The van der Waals surface area contributed by atoms with Crippen LogP contribution in [0.4, 0.5) is 0 Å². The molecule has 0 spiro atoms. The van der Waals surface area contributed by atoms with Gasteiger partial charge in [-0.1, -0.05) is 0 Å². The average molecular weight is 300 g/mol. The van der Waals surface area contributed by atoms with Crippen molar-refractivity contribution in [3.63, 3.8) is 0 Å². The first kappa shape index (κ1) is 11.3. The van der Waals surface area contributed by atoms with Gasteiger partial charge in [-0.25, -0.2) is 0 Å². The van der Waals surface area contributed by atoms with Gasteiger partial charge in [0.1, 0.15) is 0 Å². The number of phenols is 1. The molecule has 1 N–H and O–H groups in total. The van der Waals surface area contributed by atoms with E-state index < -0.39 is 0 Å². The molecule has 0 amide bonds. The van der Waals surface area contributed by atoms with Crippen molar-refractivity contribution in [2.24, 2.45) is 0 Å². The van der Waals surface area contributed by atoms with Gasteiger partial charge in [0.25, 0.3) is 0 Å². The van der Waals surface area contributed by atoms with Crippen molar-refractivity contribution >= 4 is 25.9 Å². The van der Waals surface area contributed by atoms with E-state index in [1.54, 1.807) is 18.3 Å². The third kappa shape index (κ3) is 1.89. The molecule has 0 aliphatic carbocycles. The second kappa shape index (κ2) is 4.46. The van der Waals surface area contributed by atoms with Crippen molar-refractivity contribution in [2.75, 3.05) is 0 Å². The van der Waals surface area contributed by atoms with E-state index in [1.807, 2.05) is 28.8 Å². The third-order valence-electron chi connectivity index (χ3n) is 2.72. The van der Waals surface area contributed by atoms with Crippen molar-refractivity contribution in [1.29, 1.82) is 0 Å². The standard InChI is InChI=1S/C13H11AsN3O/c1-14-12-5-6-13-15-8-11(17(13)16-12)9-3-2-4-10(18)7-9/h2-8,18H,1H3. The van der Waals surface area contributed by atoms with Crippen molar-refractivity contribution < 1.29 is 5.11 Å². The Bertz CT molecular complexity index is 708. The Hall–Kier alpha value is -1.80. The van der Waals surface area contributed by atoms with Crippen LogP contribution in [0.3, 0.4) is 0 Å². The molecule has 89 valence electrons. The molecular formula is C13H11AsN3O. The fourth-order valence-corrected chi connectivity index (χ4v) is 2.69. The summed E-state index contributed by atoms with van der Waals surface area (Å²) >= 11 is 0.0923. The number of hydrogen-bond acceptors (Lipinski definition) is 3. The summed E-state index contributed by atoms with van der Waals surface area (Å²) in [4.78, 5) is 4.33. The van der Waals surface area contributed by atoms with Gasteiger partial charge in [-0.15, -0.1) is 0 Å². The molecule has 18 heavy (non-hydrogen) atoms. The quantitative estimate of drug-likeness (QED) is 0.729. The molecule has 4 nitrogen and oxygen atoms in total. The maximum absolute atomic E-state index is 9.54. The van der Waals surface area contributed by atoms with Crippen LogP contribution in [0.15, 0.2) is 42.6 Å². The molecule has 0 saturated carbocycles. The summed E-state index contributed by atoms with van der Waals surface area (Å²) in [6.07, 6.45) is 1.78. The molecule has 5 heteroatoms. The topological polar surface area (TPSA) is 50.4 Å². The molecule has 0 fully saturated rings. The molecule has 2 heterocycles. The summed E-state index contributed by atoms with van der Waals surface area (Å²) in [6.45, 7) is 0. The zero-order chi connectivity index (χ0) is 12.5. The molecule has 0 aliphatic heterocycles. The fourth-order valence-electron chi connectivity index (χ4n) is 1.84. The summed E-state index contributed by atoms with van der Waals surface area (Å²) in [5.74, 6) is 0.250. The number of aromatic nitrogens is 3. The third-order valence-corrected chi connectivity index (χ3v) is 4.18. The van der Waals surface area contributed by atoms with E-state index in [9.17, 15) is 5.11 Å². The summed E-state index contributed by atoms with van der Waals surface area (Å²) in [7, 11) is 0. The monoisotopic (exact) mass is 300 g/mol. The van der Waals surface area contributed by atoms with E-state index in [4.69, 9.17) is 0 Å². The zero-order valence-corrected chi connectivity index (χ0v) is 11.7. The molecule has 3 aromatic rings. The van der Waals surface area contributed by atoms with E-state index in [1.165, 1.54) is 0 Å². The van der Waals surface area contributed by atoms with Gasteiger partial charge < -0.3 is 0 Å². The number of aromatic hydroxyl groups is 1. The Morgan fingerprint density at radius 3 is 2.89 bits per heavy atom. The van der Waals surface area contributed by atoms with Crippen LogP contribution in [0.1, 0.15) is 0 Å². The summed E-state index contributed by atoms with van der Waals surface area (Å²) < 4.78 is 2.95. The Morgan fingerprint density at radius 2 is 2.11 bits per heavy atom. The van der Waals surface area contributed by atoms with Gasteiger partial charge in [0, 0.05) is 0 Å². The predicted octanol–water partition coefficient (Wildman–Crippen LogP) is 1.48. The SMILES string of the molecule is C[As]c1ccc2ncc(-c3cccc(O)c3)n2n1. The van der Waals surface area contributed by atoms with Crippen LogP contribution in [-0.2, 0) is 0 Å². The molecule has 0 aliphatic rings. The van der Waals surface area contributed by atoms with Crippen LogP contribution in [0, 0.1) is 0 Å². The average Bonchev–Trinajstić information content (AvgIpc) is 2.81. The molecule has 0 saturated heterocycles. The minimum atomic E-state index is 0.0923. The second-order valence-corrected chi connectivity index (χ2v) is 5.78. The van der Waals surface area contributed by atoms with Gasteiger partial charge in [0.2, 0.25) is 0 Å². The Morgan fingerprint density at radius 1 is 1.22 bits per heavy atom. The predicted molar refractivity (Wildman–Crippen MR) is 71.3 cm³/mol. The van der Waals surface area contributed by atoms with Crippen LogP contribution in [0.5, 0.6) is 5.75 Å². The minimum absolute atomic E-state index is 0.0923. The maximum atomic E-state index is 9.54. The van der Waals surface area contributed by atoms with E-state index >= 15 is 0 Å². The number of imidazole rings is 1. The Labute approximate surface area is 111 Å². The number of nitrogens with zero attached hydrogens (tertiary/aromatic N) is 3. The van der Waals surface area contributed by atoms with Crippen LogP contribution >= 0.6 is 0 Å². The van der Waals surface area contributed by atoms with Gasteiger partial charge in [-0.05, 0) is 0 Å². The van der Waals surface area contributed by atoms with Gasteiger partial charge in [0.15, 0.2) is 0 Å². The number of fused-ring (bicyclic) bond motifs is 1. The van der Waals surface area contributed by atoms with Crippen LogP contribution in [0.25, 0.3) is 16.9 Å². The molecule has 1 aromatic carbocycles. The first-order valence-corrected chi connectivity index (χ1v) is 8.33. The Kier molecular flexibility index (Phi) is 2.80. The summed E-state index contributed by atoms with van der Waals surface area (Å²) in [6, 6.07) is 11.1. The van der Waals surface area contributed by atoms with Crippen molar-refractivity contribution in [1.82, 2.24) is 14.6 Å². The van der Waals surface area contributed by atoms with E-state index in [0.29, 0.717) is 0 Å². The molecule has 1 radical (unpaired) electrons. The van der Waals surface area contributed by atoms with Gasteiger partial charge in [0.05, 0.1) is 0 Å². The fraction of sp³-hybridized carbons (Fsp3) is 0.0769. The molecule has 2 aromatic heterocycles.